The zero-order valence-corrected chi connectivity index (χ0v) is 15.8. The Hall–Kier alpha value is -3.26. The maximum absolute atomic E-state index is 13.2. The van der Waals surface area contributed by atoms with E-state index in [1.165, 1.54) is 16.8 Å². The number of benzene rings is 1. The van der Waals surface area contributed by atoms with E-state index in [0.29, 0.717) is 22.8 Å². The molecule has 1 aromatic carbocycles. The van der Waals surface area contributed by atoms with Crippen LogP contribution in [0.5, 0.6) is 0 Å². The summed E-state index contributed by atoms with van der Waals surface area (Å²) in [4.78, 5) is 12.2. The number of aryl methyl sites for hydroxylation is 2. The molecule has 8 heteroatoms. The number of aliphatic hydroxyl groups excluding tert-OH is 1. The second-order valence-corrected chi connectivity index (χ2v) is 6.48. The average molecular weight is 384 g/mol. The number of hydrogen-bond donors (Lipinski definition) is 2. The van der Waals surface area contributed by atoms with Crippen LogP contribution in [0.2, 0.25) is 0 Å². The Labute approximate surface area is 161 Å². The number of nitrogens with zero attached hydrogens (tertiary/aromatic N) is 3. The Morgan fingerprint density at radius 2 is 2.07 bits per heavy atom. The molecule has 1 unspecified atom stereocenters. The summed E-state index contributed by atoms with van der Waals surface area (Å²) < 4.78 is 19.9. The predicted octanol–water partition coefficient (Wildman–Crippen LogP) is 2.80. The number of hydrogen-bond acceptors (Lipinski definition) is 5. The van der Waals surface area contributed by atoms with E-state index in [-0.39, 0.29) is 24.4 Å². The van der Waals surface area contributed by atoms with Crippen molar-refractivity contribution in [2.24, 2.45) is 7.05 Å². The zero-order valence-electron chi connectivity index (χ0n) is 15.8. The van der Waals surface area contributed by atoms with Gasteiger partial charge in [-0.1, -0.05) is 5.16 Å². The molecule has 2 aromatic heterocycles. The molecular weight excluding hydrogens is 363 g/mol. The van der Waals surface area contributed by atoms with Gasteiger partial charge in [0, 0.05) is 24.2 Å². The van der Waals surface area contributed by atoms with Gasteiger partial charge in [-0.2, -0.15) is 5.10 Å². The quantitative estimate of drug-likeness (QED) is 0.682. The van der Waals surface area contributed by atoms with E-state index in [1.807, 2.05) is 0 Å². The van der Waals surface area contributed by atoms with Crippen LogP contribution in [-0.4, -0.2) is 38.6 Å². The molecule has 0 spiro atoms. The van der Waals surface area contributed by atoms with Gasteiger partial charge in [0.15, 0.2) is 0 Å². The minimum Gasteiger partial charge on any atom is -0.394 e. The van der Waals surface area contributed by atoms with Crippen molar-refractivity contribution in [3.8, 4) is 11.3 Å². The largest absolute Gasteiger partial charge is 0.394 e. The van der Waals surface area contributed by atoms with Gasteiger partial charge in [0.2, 0.25) is 0 Å². The third-order valence-electron chi connectivity index (χ3n) is 4.23. The summed E-state index contributed by atoms with van der Waals surface area (Å²) in [5.41, 5.74) is 3.03. The lowest BCUT2D eigenvalue weighted by Crippen LogP contribution is -2.36. The molecule has 0 fully saturated rings. The standard InChI is InChI=1S/C20H21FN4O3/c1-12(11-26)22-20(27)18-10-16(23-25(18)3)8-9-17-13(2)28-24-19(17)14-4-6-15(21)7-5-14/h4-10,12,26H,11H2,1-3H3,(H,22,27)/b9-8+. The average Bonchev–Trinajstić information content (AvgIpc) is 3.23. The van der Waals surface area contributed by atoms with E-state index in [4.69, 9.17) is 9.63 Å². The Kier molecular flexibility index (Phi) is 5.70. The fourth-order valence-corrected chi connectivity index (χ4v) is 2.69. The summed E-state index contributed by atoms with van der Waals surface area (Å²) in [7, 11) is 1.67. The van der Waals surface area contributed by atoms with Crippen molar-refractivity contribution in [1.82, 2.24) is 20.3 Å². The first kappa shape index (κ1) is 19.5. The lowest BCUT2D eigenvalue weighted by atomic mass is 10.1. The monoisotopic (exact) mass is 384 g/mol. The van der Waals surface area contributed by atoms with Crippen LogP contribution in [0.15, 0.2) is 34.9 Å². The maximum Gasteiger partial charge on any atom is 0.269 e. The topological polar surface area (TPSA) is 93.2 Å². The molecule has 3 rings (SSSR count). The summed E-state index contributed by atoms with van der Waals surface area (Å²) >= 11 is 0. The molecule has 3 aromatic rings. The van der Waals surface area contributed by atoms with Crippen LogP contribution < -0.4 is 5.32 Å². The van der Waals surface area contributed by atoms with Crippen LogP contribution >= 0.6 is 0 Å². The van der Waals surface area contributed by atoms with Gasteiger partial charge in [0.25, 0.3) is 5.91 Å². The summed E-state index contributed by atoms with van der Waals surface area (Å²) in [5.74, 6) is -0.0264. The number of carbonyl (C=O) groups is 1. The molecule has 0 aliphatic carbocycles. The first-order valence-corrected chi connectivity index (χ1v) is 8.75. The van der Waals surface area contributed by atoms with Crippen LogP contribution in [0.25, 0.3) is 23.4 Å². The SMILES string of the molecule is Cc1onc(-c2ccc(F)cc2)c1/C=C/c1cc(C(=O)NC(C)CO)n(C)n1. The molecule has 7 nitrogen and oxygen atoms in total. The number of carbonyl (C=O) groups excluding carboxylic acids is 1. The number of halogens is 1. The maximum atomic E-state index is 13.2. The summed E-state index contributed by atoms with van der Waals surface area (Å²) in [6, 6.07) is 7.30. The highest BCUT2D eigenvalue weighted by atomic mass is 19.1. The van der Waals surface area contributed by atoms with Crippen LogP contribution in [0, 0.1) is 12.7 Å². The summed E-state index contributed by atoms with van der Waals surface area (Å²) in [5, 5.41) is 20.1. The molecule has 0 aliphatic rings. The van der Waals surface area contributed by atoms with Gasteiger partial charge in [-0.25, -0.2) is 4.39 Å². The summed E-state index contributed by atoms with van der Waals surface area (Å²) in [6.45, 7) is 3.35. The van der Waals surface area contributed by atoms with E-state index in [0.717, 1.165) is 11.1 Å². The normalized spacial score (nSPS) is 12.5. The molecular formula is C20H21FN4O3. The van der Waals surface area contributed by atoms with Gasteiger partial charge in [0.05, 0.1) is 12.3 Å². The molecule has 1 atom stereocenters. The van der Waals surface area contributed by atoms with Crippen LogP contribution in [-0.2, 0) is 7.05 Å². The zero-order chi connectivity index (χ0) is 20.3. The van der Waals surface area contributed by atoms with Gasteiger partial charge in [-0.15, -0.1) is 0 Å². The van der Waals surface area contributed by atoms with Gasteiger partial charge in [0.1, 0.15) is 23.0 Å². The molecule has 28 heavy (non-hydrogen) atoms. The fourth-order valence-electron chi connectivity index (χ4n) is 2.69. The van der Waals surface area contributed by atoms with Gasteiger partial charge in [-0.3, -0.25) is 9.48 Å². The lowest BCUT2D eigenvalue weighted by molar-refractivity contribution is 0.0912. The second kappa shape index (κ2) is 8.18. The first-order chi connectivity index (χ1) is 13.4. The molecule has 0 aliphatic heterocycles. The molecule has 0 bridgehead atoms. The van der Waals surface area contributed by atoms with E-state index >= 15 is 0 Å². The third kappa shape index (κ3) is 4.17. The molecule has 0 saturated heterocycles. The Morgan fingerprint density at radius 3 is 2.75 bits per heavy atom. The van der Waals surface area contributed by atoms with Crippen molar-refractivity contribution >= 4 is 18.1 Å². The van der Waals surface area contributed by atoms with Crippen molar-refractivity contribution < 1.29 is 18.8 Å². The Balaban J connectivity index is 1.85. The Bertz CT molecular complexity index is 1010. The Morgan fingerprint density at radius 1 is 1.36 bits per heavy atom. The van der Waals surface area contributed by atoms with Crippen molar-refractivity contribution in [2.75, 3.05) is 6.61 Å². The van der Waals surface area contributed by atoms with Crippen molar-refractivity contribution in [3.63, 3.8) is 0 Å². The summed E-state index contributed by atoms with van der Waals surface area (Å²) in [6.07, 6.45) is 3.55. The van der Waals surface area contributed by atoms with E-state index in [1.54, 1.807) is 51.2 Å². The van der Waals surface area contributed by atoms with Crippen molar-refractivity contribution in [1.29, 1.82) is 0 Å². The highest BCUT2D eigenvalue weighted by Gasteiger charge is 2.15. The number of nitrogens with one attached hydrogen (secondary N) is 1. The molecule has 0 radical (unpaired) electrons. The predicted molar refractivity (Wildman–Crippen MR) is 103 cm³/mol. The molecule has 2 heterocycles. The highest BCUT2D eigenvalue weighted by Crippen LogP contribution is 2.27. The van der Waals surface area contributed by atoms with E-state index in [9.17, 15) is 9.18 Å². The van der Waals surface area contributed by atoms with Crippen molar-refractivity contribution in [3.05, 3.63) is 58.9 Å². The fraction of sp³-hybridized carbons (Fsp3) is 0.250. The minimum absolute atomic E-state index is 0.144. The first-order valence-electron chi connectivity index (χ1n) is 8.75. The van der Waals surface area contributed by atoms with Crippen LogP contribution in [0.4, 0.5) is 4.39 Å². The molecule has 146 valence electrons. The third-order valence-corrected chi connectivity index (χ3v) is 4.23. The highest BCUT2D eigenvalue weighted by molar-refractivity contribution is 5.93. The van der Waals surface area contributed by atoms with Gasteiger partial charge in [-0.05, 0) is 56.3 Å². The molecule has 2 N–H and O–H groups in total. The van der Waals surface area contributed by atoms with E-state index < -0.39 is 0 Å². The van der Waals surface area contributed by atoms with Gasteiger partial charge < -0.3 is 14.9 Å². The molecule has 1 amide bonds. The lowest BCUT2D eigenvalue weighted by Gasteiger charge is -2.10. The van der Waals surface area contributed by atoms with Crippen LogP contribution in [0.3, 0.4) is 0 Å². The number of rotatable bonds is 6. The van der Waals surface area contributed by atoms with Gasteiger partial charge >= 0.3 is 0 Å². The van der Waals surface area contributed by atoms with Crippen molar-refractivity contribution in [2.45, 2.75) is 19.9 Å². The number of aromatic nitrogens is 3. The second-order valence-electron chi connectivity index (χ2n) is 6.48. The van der Waals surface area contributed by atoms with E-state index in [2.05, 4.69) is 15.6 Å². The minimum atomic E-state index is -0.348. The smallest absolute Gasteiger partial charge is 0.269 e. The number of aliphatic hydroxyl groups is 1. The molecule has 0 saturated carbocycles. The number of amides is 1. The van der Waals surface area contributed by atoms with Crippen LogP contribution in [0.1, 0.15) is 34.4 Å².